The Bertz CT molecular complexity index is 991. The molecule has 1 aromatic heterocycles. The summed E-state index contributed by atoms with van der Waals surface area (Å²) in [5.74, 6) is -0.520. The third-order valence-electron chi connectivity index (χ3n) is 5.72. The first kappa shape index (κ1) is 26.8. The van der Waals surface area contributed by atoms with Crippen molar-refractivity contribution in [3.63, 3.8) is 0 Å². The number of benzene rings is 1. The van der Waals surface area contributed by atoms with Gasteiger partial charge in [0, 0.05) is 36.9 Å². The van der Waals surface area contributed by atoms with Gasteiger partial charge < -0.3 is 10.2 Å². The maximum atomic E-state index is 14.2. The van der Waals surface area contributed by atoms with Gasteiger partial charge in [-0.05, 0) is 43.0 Å². The van der Waals surface area contributed by atoms with Gasteiger partial charge in [0.2, 0.25) is 5.95 Å². The van der Waals surface area contributed by atoms with Crippen LogP contribution in [-0.4, -0.2) is 56.5 Å². The number of anilines is 1. The van der Waals surface area contributed by atoms with Crippen LogP contribution in [0, 0.1) is 5.82 Å². The summed E-state index contributed by atoms with van der Waals surface area (Å²) in [4.78, 5) is 25.9. The first-order chi connectivity index (χ1) is 15.6. The van der Waals surface area contributed by atoms with Crippen molar-refractivity contribution in [2.45, 2.75) is 64.1 Å². The number of halogens is 1. The summed E-state index contributed by atoms with van der Waals surface area (Å²) in [7, 11) is 3.24. The van der Waals surface area contributed by atoms with E-state index in [9.17, 15) is 19.4 Å². The molecule has 1 aliphatic rings. The molecule has 3 rings (SSSR count). The van der Waals surface area contributed by atoms with E-state index < -0.39 is 23.9 Å². The second-order valence-electron chi connectivity index (χ2n) is 8.48. The van der Waals surface area contributed by atoms with Crippen LogP contribution in [0.4, 0.5) is 10.3 Å². The van der Waals surface area contributed by atoms with E-state index in [1.807, 2.05) is 13.8 Å². The minimum atomic E-state index is -0.954. The topological polar surface area (TPSA) is 113 Å². The van der Waals surface area contributed by atoms with Gasteiger partial charge in [0.15, 0.2) is 12.5 Å². The molecule has 2 aromatic rings. The summed E-state index contributed by atoms with van der Waals surface area (Å²) in [6, 6.07) is 4.46. The third kappa shape index (κ3) is 6.14. The molecule has 1 aliphatic carbocycles. The van der Waals surface area contributed by atoms with E-state index in [1.165, 1.54) is 31.2 Å². The molecule has 180 valence electrons. The summed E-state index contributed by atoms with van der Waals surface area (Å²) in [5.41, 5.74) is 3.78. The average molecular weight is 480 g/mol. The van der Waals surface area contributed by atoms with Gasteiger partial charge in [-0.2, -0.15) is 4.21 Å². The fourth-order valence-corrected chi connectivity index (χ4v) is 4.20. The normalized spacial score (nSPS) is 16.2. The van der Waals surface area contributed by atoms with Crippen LogP contribution < -0.4 is 5.06 Å². The number of nitrogens with zero attached hydrogens (tertiary/aromatic N) is 3. The van der Waals surface area contributed by atoms with Crippen LogP contribution in [0.25, 0.3) is 11.3 Å². The Kier molecular flexibility index (Phi) is 9.47. The van der Waals surface area contributed by atoms with Crippen molar-refractivity contribution in [3.05, 3.63) is 40.8 Å². The van der Waals surface area contributed by atoms with Crippen molar-refractivity contribution in [2.24, 2.45) is 0 Å². The molecule has 0 unspecified atom stereocenters. The SMILES string of the molecule is CON(C)c1nc2c(c(C(C)C)n1)C[C@H]([C@@H](O)C[C@@H](O)CC(C)=O)c1cc(F)ccc1-2.O=S. The molecule has 0 bridgehead atoms. The summed E-state index contributed by atoms with van der Waals surface area (Å²) in [5, 5.41) is 22.6. The van der Waals surface area contributed by atoms with Gasteiger partial charge in [-0.3, -0.25) is 9.63 Å². The standard InChI is InChI=1S/C23H30FN3O4.OS/c1-12(2)21-19-11-18(20(30)10-15(29)8-13(3)28)17-9-14(24)6-7-16(17)22(19)26-23(25-21)27(4)31-5;1-2/h6-7,9,12,15,18,20,29-30H,8,10-11H2,1-5H3;/t15-,18-,20-;/m0./s1. The molecular formula is C23H30FN3O5S. The molecule has 0 radical (unpaired) electrons. The predicted octanol–water partition coefficient (Wildman–Crippen LogP) is 2.80. The smallest absolute Gasteiger partial charge is 0.250 e. The predicted molar refractivity (Wildman–Crippen MR) is 123 cm³/mol. The average Bonchev–Trinajstić information content (AvgIpc) is 2.77. The van der Waals surface area contributed by atoms with Gasteiger partial charge in [0.1, 0.15) is 11.6 Å². The highest BCUT2D eigenvalue weighted by atomic mass is 32.1. The number of carbonyl (C=O) groups is 1. The Morgan fingerprint density at radius 3 is 2.55 bits per heavy atom. The maximum Gasteiger partial charge on any atom is 0.250 e. The zero-order chi connectivity index (χ0) is 24.9. The summed E-state index contributed by atoms with van der Waals surface area (Å²) >= 11 is 2.83. The Labute approximate surface area is 198 Å². The Balaban J connectivity index is 0.00000187. The quantitative estimate of drug-likeness (QED) is 0.552. The lowest BCUT2D eigenvalue weighted by Crippen LogP contribution is -2.30. The molecule has 33 heavy (non-hydrogen) atoms. The van der Waals surface area contributed by atoms with Crippen molar-refractivity contribution >= 4 is 24.3 Å². The van der Waals surface area contributed by atoms with Gasteiger partial charge >= 0.3 is 0 Å². The molecule has 1 heterocycles. The van der Waals surface area contributed by atoms with E-state index in [4.69, 9.17) is 9.05 Å². The van der Waals surface area contributed by atoms with Gasteiger partial charge in [-0.1, -0.05) is 13.8 Å². The van der Waals surface area contributed by atoms with Crippen LogP contribution in [0.3, 0.4) is 0 Å². The molecule has 0 saturated carbocycles. The van der Waals surface area contributed by atoms with E-state index in [0.29, 0.717) is 23.6 Å². The Morgan fingerprint density at radius 2 is 1.97 bits per heavy atom. The summed E-state index contributed by atoms with van der Waals surface area (Å²) in [6.45, 7) is 5.46. The van der Waals surface area contributed by atoms with Gasteiger partial charge in [0.25, 0.3) is 0 Å². The molecule has 8 nitrogen and oxygen atoms in total. The number of hydrogen-bond acceptors (Lipinski definition) is 9. The fourth-order valence-electron chi connectivity index (χ4n) is 4.20. The molecular weight excluding hydrogens is 449 g/mol. The minimum absolute atomic E-state index is 0.0244. The highest BCUT2D eigenvalue weighted by Crippen LogP contribution is 2.44. The molecule has 2 N–H and O–H groups in total. The monoisotopic (exact) mass is 479 g/mol. The third-order valence-corrected chi connectivity index (χ3v) is 5.72. The highest BCUT2D eigenvalue weighted by Gasteiger charge is 2.35. The molecule has 0 spiro atoms. The highest BCUT2D eigenvalue weighted by molar-refractivity contribution is 7.44. The number of aliphatic hydroxyl groups is 2. The summed E-state index contributed by atoms with van der Waals surface area (Å²) in [6.07, 6.45) is -1.50. The first-order valence-corrected chi connectivity index (χ1v) is 11.0. The lowest BCUT2D eigenvalue weighted by molar-refractivity contribution is -0.119. The van der Waals surface area contributed by atoms with E-state index in [2.05, 4.69) is 22.5 Å². The van der Waals surface area contributed by atoms with Gasteiger partial charge in [-0.25, -0.2) is 19.4 Å². The van der Waals surface area contributed by atoms with Crippen LogP contribution in [0.5, 0.6) is 0 Å². The first-order valence-electron chi connectivity index (χ1n) is 10.6. The number of carbonyl (C=O) groups excluding carboxylic acids is 1. The zero-order valence-corrected chi connectivity index (χ0v) is 20.2. The number of aromatic nitrogens is 2. The molecule has 3 atom stereocenters. The van der Waals surface area contributed by atoms with Crippen molar-refractivity contribution in [1.29, 1.82) is 0 Å². The van der Waals surface area contributed by atoms with Gasteiger partial charge in [-0.15, -0.1) is 0 Å². The maximum absolute atomic E-state index is 14.2. The van der Waals surface area contributed by atoms with Gasteiger partial charge in [0.05, 0.1) is 30.7 Å². The van der Waals surface area contributed by atoms with Crippen LogP contribution in [0.1, 0.15) is 62.3 Å². The number of fused-ring (bicyclic) bond motifs is 3. The fraction of sp³-hybridized carbons (Fsp3) is 0.522. The van der Waals surface area contributed by atoms with Crippen molar-refractivity contribution in [1.82, 2.24) is 9.97 Å². The second-order valence-corrected chi connectivity index (χ2v) is 8.48. The molecule has 0 fully saturated rings. The number of Topliss-reactive ketones (excluding diaryl/α,β-unsaturated/α-hetero) is 1. The van der Waals surface area contributed by atoms with Crippen molar-refractivity contribution in [3.8, 4) is 11.3 Å². The molecule has 1 aromatic carbocycles. The van der Waals surface area contributed by atoms with Crippen LogP contribution in [-0.2, 0) is 28.6 Å². The Morgan fingerprint density at radius 1 is 1.30 bits per heavy atom. The molecule has 0 amide bonds. The second kappa shape index (κ2) is 11.6. The molecule has 10 heteroatoms. The molecule has 0 saturated heterocycles. The minimum Gasteiger partial charge on any atom is -0.393 e. The van der Waals surface area contributed by atoms with E-state index in [0.717, 1.165) is 16.8 Å². The van der Waals surface area contributed by atoms with Crippen molar-refractivity contribution in [2.75, 3.05) is 19.2 Å². The van der Waals surface area contributed by atoms with Crippen LogP contribution >= 0.6 is 0 Å². The largest absolute Gasteiger partial charge is 0.393 e. The van der Waals surface area contributed by atoms with Crippen molar-refractivity contribution < 1.29 is 28.4 Å². The van der Waals surface area contributed by atoms with E-state index >= 15 is 0 Å². The number of rotatable bonds is 8. The lowest BCUT2D eigenvalue weighted by atomic mass is 9.75. The van der Waals surface area contributed by atoms with Crippen LogP contribution in [0.2, 0.25) is 0 Å². The summed E-state index contributed by atoms with van der Waals surface area (Å²) < 4.78 is 22.0. The number of hydroxylamine groups is 1. The number of aliphatic hydroxyl groups excluding tert-OH is 2. The lowest BCUT2D eigenvalue weighted by Gasteiger charge is -2.33. The number of hydrogen-bond donors (Lipinski definition) is 2. The van der Waals surface area contributed by atoms with E-state index in [1.54, 1.807) is 13.1 Å². The Hall–Kier alpha value is -2.40. The zero-order valence-electron chi connectivity index (χ0n) is 19.4. The number of ketones is 1. The van der Waals surface area contributed by atoms with E-state index in [-0.39, 0.29) is 24.5 Å². The van der Waals surface area contributed by atoms with Crippen LogP contribution in [0.15, 0.2) is 18.2 Å². The molecule has 0 aliphatic heterocycles.